The number of benzene rings is 2. The maximum atomic E-state index is 13.0. The highest BCUT2D eigenvalue weighted by atomic mass is 79.9. The van der Waals surface area contributed by atoms with Crippen molar-refractivity contribution in [1.29, 1.82) is 0 Å². The maximum Gasteiger partial charge on any atom is 0.311 e. The van der Waals surface area contributed by atoms with Crippen molar-refractivity contribution in [1.82, 2.24) is 0 Å². The zero-order valence-electron chi connectivity index (χ0n) is 9.68. The number of ether oxygens (including phenoxy) is 1. The van der Waals surface area contributed by atoms with Gasteiger partial charge in [0.05, 0.1) is 4.92 Å². The summed E-state index contributed by atoms with van der Waals surface area (Å²) in [5.41, 5.74) is 0.611. The molecule has 0 fully saturated rings. The van der Waals surface area contributed by atoms with E-state index in [9.17, 15) is 14.5 Å². The average molecular weight is 326 g/mol. The quantitative estimate of drug-likeness (QED) is 0.475. The third-order valence-corrected chi connectivity index (χ3v) is 3.05. The van der Waals surface area contributed by atoms with Crippen molar-refractivity contribution in [2.75, 3.05) is 0 Å². The van der Waals surface area contributed by atoms with Crippen LogP contribution in [-0.2, 0) is 5.33 Å². The molecule has 98 valence electrons. The van der Waals surface area contributed by atoms with Gasteiger partial charge < -0.3 is 4.74 Å². The standard InChI is InChI=1S/C13H9BrFNO3/c14-8-9-4-5-13(12(6-9)16(17)18)19-11-3-1-2-10(15)7-11/h1-7H,8H2. The summed E-state index contributed by atoms with van der Waals surface area (Å²) < 4.78 is 18.4. The molecule has 0 heterocycles. The summed E-state index contributed by atoms with van der Waals surface area (Å²) in [5, 5.41) is 11.5. The van der Waals surface area contributed by atoms with Gasteiger partial charge in [-0.05, 0) is 23.8 Å². The van der Waals surface area contributed by atoms with Gasteiger partial charge in [-0.15, -0.1) is 0 Å². The minimum absolute atomic E-state index is 0.0836. The van der Waals surface area contributed by atoms with E-state index in [0.717, 1.165) is 5.56 Å². The van der Waals surface area contributed by atoms with E-state index in [0.29, 0.717) is 5.33 Å². The monoisotopic (exact) mass is 325 g/mol. The Morgan fingerprint density at radius 1 is 1.26 bits per heavy atom. The van der Waals surface area contributed by atoms with E-state index in [1.54, 1.807) is 6.07 Å². The lowest BCUT2D eigenvalue weighted by Gasteiger charge is -2.07. The summed E-state index contributed by atoms with van der Waals surface area (Å²) >= 11 is 3.23. The van der Waals surface area contributed by atoms with Gasteiger partial charge in [-0.3, -0.25) is 10.1 Å². The lowest BCUT2D eigenvalue weighted by Crippen LogP contribution is -1.95. The number of hydrogen-bond donors (Lipinski definition) is 0. The van der Waals surface area contributed by atoms with E-state index < -0.39 is 10.7 Å². The molecule has 0 atom stereocenters. The number of nitro benzene ring substituents is 1. The molecule has 6 heteroatoms. The Morgan fingerprint density at radius 2 is 2.05 bits per heavy atom. The molecule has 2 rings (SSSR count). The molecular weight excluding hydrogens is 317 g/mol. The second kappa shape index (κ2) is 5.79. The summed E-state index contributed by atoms with van der Waals surface area (Å²) in [5.74, 6) is -0.160. The molecule has 0 saturated heterocycles. The Hall–Kier alpha value is -1.95. The van der Waals surface area contributed by atoms with Crippen molar-refractivity contribution in [2.45, 2.75) is 5.33 Å². The fraction of sp³-hybridized carbons (Fsp3) is 0.0769. The molecule has 0 aliphatic carbocycles. The molecule has 0 saturated carbocycles. The smallest absolute Gasteiger partial charge is 0.311 e. The first kappa shape index (κ1) is 13.5. The van der Waals surface area contributed by atoms with Crippen molar-refractivity contribution in [3.8, 4) is 11.5 Å². The molecule has 0 aromatic heterocycles. The van der Waals surface area contributed by atoms with Crippen molar-refractivity contribution in [3.63, 3.8) is 0 Å². The molecule has 4 nitrogen and oxygen atoms in total. The van der Waals surface area contributed by atoms with Crippen molar-refractivity contribution >= 4 is 21.6 Å². The highest BCUT2D eigenvalue weighted by Gasteiger charge is 2.16. The topological polar surface area (TPSA) is 52.4 Å². The zero-order valence-corrected chi connectivity index (χ0v) is 11.3. The third kappa shape index (κ3) is 3.29. The maximum absolute atomic E-state index is 13.0. The second-order valence-corrected chi connectivity index (χ2v) is 4.31. The summed E-state index contributed by atoms with van der Waals surface area (Å²) in [4.78, 5) is 10.5. The van der Waals surface area contributed by atoms with Crippen LogP contribution in [0, 0.1) is 15.9 Å². The number of hydrogen-bond acceptors (Lipinski definition) is 3. The van der Waals surface area contributed by atoms with E-state index in [-0.39, 0.29) is 17.2 Å². The molecule has 0 aliphatic heterocycles. The van der Waals surface area contributed by atoms with E-state index in [4.69, 9.17) is 4.74 Å². The molecule has 0 bridgehead atoms. The van der Waals surface area contributed by atoms with Crippen LogP contribution < -0.4 is 4.74 Å². The van der Waals surface area contributed by atoms with Crippen molar-refractivity contribution in [3.05, 3.63) is 64.0 Å². The Morgan fingerprint density at radius 3 is 2.68 bits per heavy atom. The number of halogens is 2. The molecule has 2 aromatic carbocycles. The van der Waals surface area contributed by atoms with Gasteiger partial charge in [0.1, 0.15) is 11.6 Å². The van der Waals surface area contributed by atoms with Gasteiger partial charge in [0.25, 0.3) is 0 Å². The van der Waals surface area contributed by atoms with Gasteiger partial charge in [0, 0.05) is 17.5 Å². The van der Waals surface area contributed by atoms with Crippen LogP contribution in [0.15, 0.2) is 42.5 Å². The number of rotatable bonds is 4. The molecule has 0 aliphatic rings. The Balaban J connectivity index is 2.36. The Kier molecular flexibility index (Phi) is 4.11. The predicted molar refractivity (Wildman–Crippen MR) is 72.2 cm³/mol. The summed E-state index contributed by atoms with van der Waals surface area (Å²) in [6, 6.07) is 10.1. The van der Waals surface area contributed by atoms with Crippen LogP contribution in [0.4, 0.5) is 10.1 Å². The average Bonchev–Trinajstić information content (AvgIpc) is 2.39. The summed E-state index contributed by atoms with van der Waals surface area (Å²) in [7, 11) is 0. The second-order valence-electron chi connectivity index (χ2n) is 3.75. The van der Waals surface area contributed by atoms with Gasteiger partial charge >= 0.3 is 5.69 Å². The van der Waals surface area contributed by atoms with Gasteiger partial charge in [-0.1, -0.05) is 28.1 Å². The first-order chi connectivity index (χ1) is 9.10. The van der Waals surface area contributed by atoms with E-state index in [1.165, 1.54) is 36.4 Å². The highest BCUT2D eigenvalue weighted by molar-refractivity contribution is 9.08. The fourth-order valence-electron chi connectivity index (χ4n) is 1.53. The zero-order chi connectivity index (χ0) is 13.8. The third-order valence-electron chi connectivity index (χ3n) is 2.40. The Bertz CT molecular complexity index is 619. The van der Waals surface area contributed by atoms with E-state index in [1.807, 2.05) is 0 Å². The number of nitrogens with zero attached hydrogens (tertiary/aromatic N) is 1. The van der Waals surface area contributed by atoms with Gasteiger partial charge in [-0.2, -0.15) is 0 Å². The number of alkyl halides is 1. The molecular formula is C13H9BrFNO3. The lowest BCUT2D eigenvalue weighted by atomic mass is 10.2. The first-order valence-corrected chi connectivity index (χ1v) is 6.49. The fourth-order valence-corrected chi connectivity index (χ4v) is 1.88. The van der Waals surface area contributed by atoms with Gasteiger partial charge in [0.2, 0.25) is 5.75 Å². The highest BCUT2D eigenvalue weighted by Crippen LogP contribution is 2.32. The van der Waals surface area contributed by atoms with Crippen LogP contribution in [0.5, 0.6) is 11.5 Å². The van der Waals surface area contributed by atoms with Crippen molar-refractivity contribution in [2.24, 2.45) is 0 Å². The summed E-state index contributed by atoms with van der Waals surface area (Å²) in [6.07, 6.45) is 0. The minimum atomic E-state index is -0.527. The predicted octanol–water partition coefficient (Wildman–Crippen LogP) is 4.42. The Labute approximate surface area is 117 Å². The largest absolute Gasteiger partial charge is 0.450 e. The molecule has 2 aromatic rings. The van der Waals surface area contributed by atoms with Crippen LogP contribution in [0.25, 0.3) is 0 Å². The van der Waals surface area contributed by atoms with Crippen LogP contribution in [0.2, 0.25) is 0 Å². The molecule has 0 amide bonds. The van der Waals surface area contributed by atoms with Crippen LogP contribution >= 0.6 is 15.9 Å². The van der Waals surface area contributed by atoms with Crippen molar-refractivity contribution < 1.29 is 14.1 Å². The molecule has 0 N–H and O–H groups in total. The molecule has 0 spiro atoms. The molecule has 0 radical (unpaired) electrons. The lowest BCUT2D eigenvalue weighted by molar-refractivity contribution is -0.385. The normalized spacial score (nSPS) is 10.2. The summed E-state index contributed by atoms with van der Waals surface area (Å²) in [6.45, 7) is 0. The molecule has 0 unspecified atom stereocenters. The number of nitro groups is 1. The minimum Gasteiger partial charge on any atom is -0.450 e. The van der Waals surface area contributed by atoms with E-state index >= 15 is 0 Å². The van der Waals surface area contributed by atoms with Crippen LogP contribution in [0.1, 0.15) is 5.56 Å². The molecule has 19 heavy (non-hydrogen) atoms. The van der Waals surface area contributed by atoms with Gasteiger partial charge in [-0.25, -0.2) is 4.39 Å². The van der Waals surface area contributed by atoms with E-state index in [2.05, 4.69) is 15.9 Å². The first-order valence-electron chi connectivity index (χ1n) is 5.37. The van der Waals surface area contributed by atoms with Gasteiger partial charge in [0.15, 0.2) is 0 Å². The SMILES string of the molecule is O=[N+]([O-])c1cc(CBr)ccc1Oc1cccc(F)c1. The van der Waals surface area contributed by atoms with Crippen LogP contribution in [0.3, 0.4) is 0 Å². The van der Waals surface area contributed by atoms with Crippen LogP contribution in [-0.4, -0.2) is 4.92 Å².